The van der Waals surface area contributed by atoms with Crippen molar-refractivity contribution in [2.45, 2.75) is 13.2 Å². The first-order valence-corrected chi connectivity index (χ1v) is 16.4. The highest BCUT2D eigenvalue weighted by Gasteiger charge is 2.34. The third-order valence-corrected chi connectivity index (χ3v) is 9.29. The largest absolute Gasteiger partial charge is 0.497 e. The molecule has 0 aromatic heterocycles. The van der Waals surface area contributed by atoms with E-state index in [0.29, 0.717) is 33.9 Å². The highest BCUT2D eigenvalue weighted by atomic mass is 32.2. The maximum atomic E-state index is 13.4. The summed E-state index contributed by atoms with van der Waals surface area (Å²) < 4.78 is 84.3. The van der Waals surface area contributed by atoms with E-state index in [1.165, 1.54) is 19.2 Å². The molecule has 0 unspecified atom stereocenters. The quantitative estimate of drug-likeness (QED) is 0.239. The number of amidine groups is 2. The Bertz CT molecular complexity index is 2130. The molecule has 16 heteroatoms. The van der Waals surface area contributed by atoms with Crippen LogP contribution in [0, 0.1) is 0 Å². The Morgan fingerprint density at radius 1 is 0.739 bits per heavy atom. The van der Waals surface area contributed by atoms with E-state index in [1.54, 1.807) is 49.6 Å². The molecule has 46 heavy (non-hydrogen) atoms. The maximum Gasteiger partial charge on any atom is 0.351 e. The summed E-state index contributed by atoms with van der Waals surface area (Å²) in [7, 11) is -5.24. The number of fused-ring (bicyclic) bond motifs is 2. The minimum Gasteiger partial charge on any atom is -0.497 e. The minimum absolute atomic E-state index is 0.0311. The summed E-state index contributed by atoms with van der Waals surface area (Å²) in [6.07, 6.45) is 0. The van der Waals surface area contributed by atoms with Crippen molar-refractivity contribution >= 4 is 49.2 Å². The second kappa shape index (κ2) is 11.8. The van der Waals surface area contributed by atoms with Gasteiger partial charge in [-0.1, -0.05) is 24.3 Å². The monoisotopic (exact) mass is 664 g/mol. The molecule has 4 aromatic rings. The van der Waals surface area contributed by atoms with Crippen LogP contribution in [0.15, 0.2) is 87.7 Å². The molecule has 0 spiro atoms. The van der Waals surface area contributed by atoms with Crippen LogP contribution in [0.5, 0.6) is 23.0 Å². The van der Waals surface area contributed by atoms with Crippen LogP contribution in [0.2, 0.25) is 0 Å². The highest BCUT2D eigenvalue weighted by Crippen LogP contribution is 2.41. The predicted molar refractivity (Wildman–Crippen MR) is 173 cm³/mol. The molecule has 0 amide bonds. The molecular weight excluding hydrogens is 636 g/mol. The van der Waals surface area contributed by atoms with E-state index in [2.05, 4.69) is 13.5 Å². The molecule has 2 aliphatic rings. The van der Waals surface area contributed by atoms with Crippen molar-refractivity contribution in [3.8, 4) is 23.0 Å². The van der Waals surface area contributed by atoms with Gasteiger partial charge in [0.1, 0.15) is 36.2 Å². The Morgan fingerprint density at radius 2 is 1.43 bits per heavy atom. The van der Waals surface area contributed by atoms with Crippen LogP contribution < -0.4 is 39.4 Å². The molecule has 14 nitrogen and oxygen atoms in total. The summed E-state index contributed by atoms with van der Waals surface area (Å²) in [6, 6.07) is 21.8. The summed E-state index contributed by atoms with van der Waals surface area (Å²) in [6.45, 7) is 0.140. The van der Waals surface area contributed by atoms with Gasteiger partial charge in [-0.2, -0.15) is 16.8 Å². The average molecular weight is 665 g/mol. The number of ether oxygens (including phenoxy) is 4. The van der Waals surface area contributed by atoms with Gasteiger partial charge in [-0.15, -0.1) is 8.80 Å². The fraction of sp³-hybridized carbons (Fsp3) is 0.133. The van der Waals surface area contributed by atoms with Crippen molar-refractivity contribution in [2.75, 3.05) is 23.2 Å². The number of benzene rings is 4. The number of nitrogens with two attached hydrogens (primary N) is 2. The maximum absolute atomic E-state index is 13.4. The lowest BCUT2D eigenvalue weighted by Crippen LogP contribution is -2.34. The summed E-state index contributed by atoms with van der Waals surface area (Å²) in [5.74, 6) is 1.19. The Hall–Kier alpha value is -5.48. The van der Waals surface area contributed by atoms with Crippen LogP contribution in [-0.2, 0) is 33.6 Å². The van der Waals surface area contributed by atoms with Gasteiger partial charge in [-0.3, -0.25) is 4.72 Å². The first-order valence-electron chi connectivity index (χ1n) is 13.6. The van der Waals surface area contributed by atoms with Gasteiger partial charge in [0.15, 0.2) is 11.7 Å². The molecule has 0 atom stereocenters. The lowest BCUT2D eigenvalue weighted by Gasteiger charge is -2.29. The Morgan fingerprint density at radius 3 is 2.20 bits per heavy atom. The van der Waals surface area contributed by atoms with Crippen LogP contribution >= 0.6 is 0 Å². The first kappa shape index (κ1) is 30.5. The first-order chi connectivity index (χ1) is 22.0. The summed E-state index contributed by atoms with van der Waals surface area (Å²) >= 11 is 0. The number of nitrogens with zero attached hydrogens (tertiary/aromatic N) is 3. The van der Waals surface area contributed by atoms with E-state index in [9.17, 15) is 16.8 Å². The zero-order valence-electron chi connectivity index (χ0n) is 24.5. The van der Waals surface area contributed by atoms with Crippen molar-refractivity contribution in [1.29, 1.82) is 0 Å². The molecule has 2 heterocycles. The number of hydrogen-bond donors (Lipinski definition) is 3. The van der Waals surface area contributed by atoms with Crippen molar-refractivity contribution in [3.05, 3.63) is 101 Å². The van der Waals surface area contributed by atoms with Crippen LogP contribution in [0.25, 0.3) is 0 Å². The smallest absolute Gasteiger partial charge is 0.351 e. The molecular formula is C30H28N6O8S2. The van der Waals surface area contributed by atoms with Crippen molar-refractivity contribution in [1.82, 2.24) is 0 Å². The second-order valence-corrected chi connectivity index (χ2v) is 12.8. The fourth-order valence-electron chi connectivity index (χ4n) is 5.07. The minimum atomic E-state index is -4.30. The zero-order valence-corrected chi connectivity index (χ0v) is 26.1. The van der Waals surface area contributed by atoms with E-state index in [0.717, 1.165) is 9.87 Å². The van der Waals surface area contributed by atoms with Gasteiger partial charge in [-0.25, -0.2) is 4.31 Å². The van der Waals surface area contributed by atoms with E-state index < -0.39 is 20.4 Å². The molecule has 0 fully saturated rings. The van der Waals surface area contributed by atoms with Gasteiger partial charge in [0.25, 0.3) is 0 Å². The summed E-state index contributed by atoms with van der Waals surface area (Å²) in [5, 5.41) is 0. The van der Waals surface area contributed by atoms with Crippen LogP contribution in [-0.4, -0.2) is 42.7 Å². The van der Waals surface area contributed by atoms with Crippen LogP contribution in [0.3, 0.4) is 0 Å². The van der Waals surface area contributed by atoms with E-state index >= 15 is 0 Å². The van der Waals surface area contributed by atoms with E-state index in [4.69, 9.17) is 30.4 Å². The fourth-order valence-corrected chi connectivity index (χ4v) is 7.12. The molecule has 0 saturated heterocycles. The van der Waals surface area contributed by atoms with Gasteiger partial charge in [0.2, 0.25) is 0 Å². The number of rotatable bonds is 9. The predicted octanol–water partition coefficient (Wildman–Crippen LogP) is 3.34. The lowest BCUT2D eigenvalue weighted by molar-refractivity contribution is 0.296. The Balaban J connectivity index is 1.30. The molecule has 0 bridgehead atoms. The summed E-state index contributed by atoms with van der Waals surface area (Å²) in [4.78, 5) is 0. The summed E-state index contributed by atoms with van der Waals surface area (Å²) in [5.41, 5.74) is 14.8. The molecule has 2 aliphatic heterocycles. The molecule has 4 aromatic carbocycles. The van der Waals surface area contributed by atoms with Gasteiger partial charge < -0.3 is 30.4 Å². The van der Waals surface area contributed by atoms with Gasteiger partial charge in [0.05, 0.1) is 42.4 Å². The van der Waals surface area contributed by atoms with Gasteiger partial charge in [0, 0.05) is 11.6 Å². The third-order valence-electron chi connectivity index (χ3n) is 7.08. The molecule has 0 radical (unpaired) electrons. The Labute approximate surface area is 265 Å². The molecule has 238 valence electrons. The van der Waals surface area contributed by atoms with Crippen LogP contribution in [0.1, 0.15) is 22.3 Å². The topological polar surface area (TPSA) is 197 Å². The SMILES string of the molecule is COc1cccc(COc2cccc3c2C(N)=NS(=O)(=O)N3c2ccc(COc3cccc4c3C(N)=NS(=O)(=O)N4)c(OC)c2)c1. The number of methoxy groups -OCH3 is 2. The highest BCUT2D eigenvalue weighted by molar-refractivity contribution is 7.92. The molecule has 0 saturated carbocycles. The number of hydrogen-bond acceptors (Lipinski definition) is 10. The average Bonchev–Trinajstić information content (AvgIpc) is 3.01. The number of nitrogens with one attached hydrogen (secondary N) is 1. The lowest BCUT2D eigenvalue weighted by atomic mass is 10.1. The Kier molecular flexibility index (Phi) is 7.83. The molecule has 5 N–H and O–H groups in total. The standard InChI is InChI=1S/C30H28N6O8S2/c1-41-21-7-3-6-18(14-21)16-43-25-11-5-9-23-28(25)30(32)35-46(39,40)36(23)20-13-12-19(26(15-20)42-2)17-44-24-10-4-8-22-27(24)29(31)34-45(37,38)33-22/h3-15,33H,16-17H2,1-2H3,(H2,31,34)(H2,32,35). The molecule has 6 rings (SSSR count). The van der Waals surface area contributed by atoms with Gasteiger partial charge >= 0.3 is 20.4 Å². The van der Waals surface area contributed by atoms with E-state index in [1.807, 2.05) is 24.3 Å². The zero-order chi connectivity index (χ0) is 32.6. The van der Waals surface area contributed by atoms with Gasteiger partial charge in [-0.05, 0) is 54.1 Å². The van der Waals surface area contributed by atoms with Crippen molar-refractivity contribution in [3.63, 3.8) is 0 Å². The second-order valence-electron chi connectivity index (χ2n) is 10.0. The normalized spacial score (nSPS) is 15.7. The number of anilines is 3. The third kappa shape index (κ3) is 5.82. The molecule has 0 aliphatic carbocycles. The van der Waals surface area contributed by atoms with Crippen LogP contribution in [0.4, 0.5) is 17.1 Å². The van der Waals surface area contributed by atoms with Crippen molar-refractivity contribution < 1.29 is 35.8 Å². The van der Waals surface area contributed by atoms with Crippen molar-refractivity contribution in [2.24, 2.45) is 20.3 Å². The van der Waals surface area contributed by atoms with E-state index in [-0.39, 0.29) is 47.7 Å².